The van der Waals surface area contributed by atoms with Crippen LogP contribution in [-0.4, -0.2) is 29.1 Å². The minimum atomic E-state index is -0.454. The van der Waals surface area contributed by atoms with Gasteiger partial charge in [0.15, 0.2) is 0 Å². The van der Waals surface area contributed by atoms with E-state index in [1.807, 2.05) is 0 Å². The molecular weight excluding hydrogens is 316 g/mol. The molecule has 2 unspecified atom stereocenters. The lowest BCUT2D eigenvalue weighted by molar-refractivity contribution is -0.120. The van der Waals surface area contributed by atoms with Gasteiger partial charge in [0.25, 0.3) is 0 Å². The Balaban J connectivity index is 3.89. The van der Waals surface area contributed by atoms with Crippen LogP contribution in [0.5, 0.6) is 0 Å². The number of primary amides is 1. The fourth-order valence-electron chi connectivity index (χ4n) is 3.15. The van der Waals surface area contributed by atoms with Crippen LogP contribution in [0.25, 0.3) is 0 Å². The predicted octanol–water partition coefficient (Wildman–Crippen LogP) is 3.82. The number of aliphatic hydroxyl groups excluding tert-OH is 1. The van der Waals surface area contributed by atoms with Crippen LogP contribution >= 0.6 is 0 Å². The van der Waals surface area contributed by atoms with Gasteiger partial charge in [-0.05, 0) is 19.3 Å². The van der Waals surface area contributed by atoms with E-state index >= 15 is 0 Å². The Kier molecular flexibility index (Phi) is 15.7. The monoisotopic (exact) mass is 356 g/mol. The van der Waals surface area contributed by atoms with E-state index in [4.69, 9.17) is 5.73 Å². The summed E-state index contributed by atoms with van der Waals surface area (Å²) in [5.74, 6) is -0.308. The molecule has 0 aliphatic carbocycles. The van der Waals surface area contributed by atoms with Gasteiger partial charge in [0.2, 0.25) is 11.8 Å². The summed E-state index contributed by atoms with van der Waals surface area (Å²) in [4.78, 5) is 22.0. The van der Waals surface area contributed by atoms with E-state index in [0.29, 0.717) is 6.42 Å². The molecular formula is C20H40N2O3. The Bertz CT molecular complexity index is 348. The Hall–Kier alpha value is -1.10. The van der Waals surface area contributed by atoms with Crippen molar-refractivity contribution in [1.82, 2.24) is 5.32 Å². The first kappa shape index (κ1) is 23.9. The summed E-state index contributed by atoms with van der Waals surface area (Å²) in [6, 6.07) is -0.140. The molecule has 0 aromatic carbocycles. The summed E-state index contributed by atoms with van der Waals surface area (Å²) in [5.41, 5.74) is 5.12. The molecule has 0 heterocycles. The Morgan fingerprint density at radius 2 is 1.40 bits per heavy atom. The Labute approximate surface area is 154 Å². The summed E-state index contributed by atoms with van der Waals surface area (Å²) in [7, 11) is 0. The third kappa shape index (κ3) is 16.1. The van der Waals surface area contributed by atoms with Crippen LogP contribution in [0.4, 0.5) is 0 Å². The maximum atomic E-state index is 11.4. The molecule has 5 heteroatoms. The fraction of sp³-hybridized carbons (Fsp3) is 0.900. The van der Waals surface area contributed by atoms with Crippen molar-refractivity contribution >= 4 is 11.8 Å². The number of hydrogen-bond acceptors (Lipinski definition) is 3. The average Bonchev–Trinajstić information content (AvgIpc) is 2.55. The van der Waals surface area contributed by atoms with Crippen molar-refractivity contribution in [2.45, 2.75) is 116 Å². The summed E-state index contributed by atoms with van der Waals surface area (Å²) in [6.07, 6.45) is 13.8. The van der Waals surface area contributed by atoms with Gasteiger partial charge in [0.05, 0.1) is 12.1 Å². The van der Waals surface area contributed by atoms with Gasteiger partial charge in [-0.25, -0.2) is 0 Å². The maximum absolute atomic E-state index is 11.4. The molecule has 0 aromatic rings. The molecule has 0 saturated heterocycles. The van der Waals surface area contributed by atoms with E-state index in [2.05, 4.69) is 12.2 Å². The molecule has 2 amide bonds. The lowest BCUT2D eigenvalue weighted by atomic mass is 9.97. The first-order valence-corrected chi connectivity index (χ1v) is 10.2. The fourth-order valence-corrected chi connectivity index (χ4v) is 3.15. The van der Waals surface area contributed by atoms with Crippen LogP contribution < -0.4 is 11.1 Å². The molecule has 0 aliphatic heterocycles. The normalized spacial score (nSPS) is 13.4. The van der Waals surface area contributed by atoms with Crippen molar-refractivity contribution in [2.75, 3.05) is 0 Å². The SMILES string of the molecule is CCCCCCCCC(O)C(CCCCCCCC(N)=O)NC(C)=O. The second-order valence-electron chi connectivity index (χ2n) is 7.20. The molecule has 0 saturated carbocycles. The van der Waals surface area contributed by atoms with Crippen molar-refractivity contribution in [2.24, 2.45) is 5.73 Å². The van der Waals surface area contributed by atoms with Crippen LogP contribution in [0, 0.1) is 0 Å². The predicted molar refractivity (Wildman–Crippen MR) is 103 cm³/mol. The highest BCUT2D eigenvalue weighted by Crippen LogP contribution is 2.15. The van der Waals surface area contributed by atoms with E-state index in [9.17, 15) is 14.7 Å². The summed E-state index contributed by atoms with van der Waals surface area (Å²) in [5, 5.41) is 13.3. The van der Waals surface area contributed by atoms with E-state index in [0.717, 1.165) is 57.8 Å². The standard InChI is InChI=1S/C20H40N2O3/c1-3-4-5-6-9-12-15-19(24)18(22-17(2)23)14-11-8-7-10-13-16-20(21)25/h18-19,24H,3-16H2,1-2H3,(H2,21,25)(H,22,23). The number of carbonyl (C=O) groups excluding carboxylic acids is 2. The van der Waals surface area contributed by atoms with Crippen molar-refractivity contribution in [3.8, 4) is 0 Å². The molecule has 148 valence electrons. The van der Waals surface area contributed by atoms with Crippen LogP contribution in [0.15, 0.2) is 0 Å². The number of nitrogens with one attached hydrogen (secondary N) is 1. The van der Waals surface area contributed by atoms with Gasteiger partial charge in [-0.15, -0.1) is 0 Å². The molecule has 0 aliphatic rings. The summed E-state index contributed by atoms with van der Waals surface area (Å²) >= 11 is 0. The van der Waals surface area contributed by atoms with Crippen LogP contribution in [0.3, 0.4) is 0 Å². The Morgan fingerprint density at radius 3 is 1.96 bits per heavy atom. The van der Waals surface area contributed by atoms with Gasteiger partial charge in [-0.1, -0.05) is 71.1 Å². The number of hydrogen-bond donors (Lipinski definition) is 3. The first-order chi connectivity index (χ1) is 12.0. The van der Waals surface area contributed by atoms with Crippen LogP contribution in [0.1, 0.15) is 104 Å². The number of amides is 2. The van der Waals surface area contributed by atoms with Crippen molar-refractivity contribution in [1.29, 1.82) is 0 Å². The minimum absolute atomic E-state index is 0.0755. The minimum Gasteiger partial charge on any atom is -0.391 e. The number of unbranched alkanes of at least 4 members (excludes halogenated alkanes) is 9. The Morgan fingerprint density at radius 1 is 0.880 bits per heavy atom. The summed E-state index contributed by atoms with van der Waals surface area (Å²) < 4.78 is 0. The zero-order valence-corrected chi connectivity index (χ0v) is 16.4. The molecule has 5 nitrogen and oxygen atoms in total. The van der Waals surface area contributed by atoms with Gasteiger partial charge in [0, 0.05) is 13.3 Å². The van der Waals surface area contributed by atoms with E-state index < -0.39 is 6.10 Å². The lowest BCUT2D eigenvalue weighted by Gasteiger charge is -2.24. The third-order valence-corrected chi connectivity index (χ3v) is 4.64. The quantitative estimate of drug-likeness (QED) is 0.346. The smallest absolute Gasteiger partial charge is 0.217 e. The average molecular weight is 357 g/mol. The number of nitrogens with two attached hydrogens (primary N) is 1. The highest BCUT2D eigenvalue weighted by molar-refractivity contribution is 5.73. The van der Waals surface area contributed by atoms with Gasteiger partial charge in [-0.3, -0.25) is 9.59 Å². The first-order valence-electron chi connectivity index (χ1n) is 10.2. The second-order valence-corrected chi connectivity index (χ2v) is 7.20. The molecule has 4 N–H and O–H groups in total. The molecule has 0 aromatic heterocycles. The highest BCUT2D eigenvalue weighted by atomic mass is 16.3. The molecule has 0 spiro atoms. The third-order valence-electron chi connectivity index (χ3n) is 4.64. The van der Waals surface area contributed by atoms with Crippen LogP contribution in [-0.2, 0) is 9.59 Å². The zero-order chi connectivity index (χ0) is 18.9. The van der Waals surface area contributed by atoms with Gasteiger partial charge in [-0.2, -0.15) is 0 Å². The maximum Gasteiger partial charge on any atom is 0.217 e. The van der Waals surface area contributed by atoms with E-state index in [-0.39, 0.29) is 17.9 Å². The van der Waals surface area contributed by atoms with Crippen molar-refractivity contribution < 1.29 is 14.7 Å². The van der Waals surface area contributed by atoms with Gasteiger partial charge < -0.3 is 16.2 Å². The summed E-state index contributed by atoms with van der Waals surface area (Å²) in [6.45, 7) is 3.72. The van der Waals surface area contributed by atoms with E-state index in [1.54, 1.807) is 0 Å². The van der Waals surface area contributed by atoms with Crippen LogP contribution in [0.2, 0.25) is 0 Å². The number of rotatable bonds is 17. The number of carbonyl (C=O) groups is 2. The van der Waals surface area contributed by atoms with Crippen molar-refractivity contribution in [3.63, 3.8) is 0 Å². The van der Waals surface area contributed by atoms with Gasteiger partial charge >= 0.3 is 0 Å². The topological polar surface area (TPSA) is 92.4 Å². The molecule has 0 bridgehead atoms. The highest BCUT2D eigenvalue weighted by Gasteiger charge is 2.19. The largest absolute Gasteiger partial charge is 0.391 e. The van der Waals surface area contributed by atoms with E-state index in [1.165, 1.54) is 32.6 Å². The zero-order valence-electron chi connectivity index (χ0n) is 16.4. The van der Waals surface area contributed by atoms with Gasteiger partial charge in [0.1, 0.15) is 0 Å². The lowest BCUT2D eigenvalue weighted by Crippen LogP contribution is -2.42. The number of aliphatic hydroxyl groups is 1. The molecule has 0 fully saturated rings. The molecule has 0 radical (unpaired) electrons. The molecule has 0 rings (SSSR count). The van der Waals surface area contributed by atoms with Crippen molar-refractivity contribution in [3.05, 3.63) is 0 Å². The molecule has 2 atom stereocenters. The molecule has 25 heavy (non-hydrogen) atoms. The second kappa shape index (κ2) is 16.4.